The first-order valence-electron chi connectivity index (χ1n) is 7.32. The molecule has 0 atom stereocenters. The lowest BCUT2D eigenvalue weighted by Gasteiger charge is -2.10. The van der Waals surface area contributed by atoms with Gasteiger partial charge in [-0.1, -0.05) is 19.4 Å². The maximum Gasteiger partial charge on any atom is 0.240 e. The third-order valence-corrected chi connectivity index (χ3v) is 4.64. The molecule has 0 bridgehead atoms. The first-order valence-corrected chi connectivity index (χ1v) is 8.81. The van der Waals surface area contributed by atoms with Gasteiger partial charge >= 0.3 is 0 Å². The van der Waals surface area contributed by atoms with Gasteiger partial charge in [-0.2, -0.15) is 0 Å². The van der Waals surface area contributed by atoms with E-state index in [4.69, 9.17) is 4.74 Å². The van der Waals surface area contributed by atoms with Gasteiger partial charge < -0.3 is 10.1 Å². The number of rotatable bonds is 10. The molecule has 6 heteroatoms. The quantitative estimate of drug-likeness (QED) is 0.646. The zero-order chi connectivity index (χ0) is 15.7. The normalized spacial score (nSPS) is 11.8. The summed E-state index contributed by atoms with van der Waals surface area (Å²) in [5, 5.41) is 3.04. The predicted molar refractivity (Wildman–Crippen MR) is 84.9 cm³/mol. The van der Waals surface area contributed by atoms with Crippen LogP contribution < -0.4 is 10.0 Å². The Morgan fingerprint density at radius 2 is 2.00 bits per heavy atom. The average molecular weight is 314 g/mol. The second-order valence-corrected chi connectivity index (χ2v) is 6.75. The summed E-state index contributed by atoms with van der Waals surface area (Å²) in [4.78, 5) is 0.298. The molecule has 0 heterocycles. The molecule has 1 rings (SSSR count). The van der Waals surface area contributed by atoms with Crippen molar-refractivity contribution < 1.29 is 13.2 Å². The first-order chi connectivity index (χ1) is 10.0. The maximum atomic E-state index is 12.2. The summed E-state index contributed by atoms with van der Waals surface area (Å²) in [6.45, 7) is 6.07. The molecule has 0 unspecified atom stereocenters. The SMILES string of the molecule is CCCCOCCNS(=O)(=O)c1ccc(C)c(CNC)c1. The molecule has 21 heavy (non-hydrogen) atoms. The predicted octanol–water partition coefficient (Wildman–Crippen LogP) is 1.81. The van der Waals surface area contributed by atoms with Crippen LogP contribution in [0.3, 0.4) is 0 Å². The number of hydrogen-bond donors (Lipinski definition) is 2. The molecule has 0 amide bonds. The zero-order valence-corrected chi connectivity index (χ0v) is 13.9. The van der Waals surface area contributed by atoms with Gasteiger partial charge in [0.15, 0.2) is 0 Å². The summed E-state index contributed by atoms with van der Waals surface area (Å²) < 4.78 is 32.3. The van der Waals surface area contributed by atoms with Gasteiger partial charge in [0.25, 0.3) is 0 Å². The molecule has 1 aromatic rings. The zero-order valence-electron chi connectivity index (χ0n) is 13.1. The highest BCUT2D eigenvalue weighted by Crippen LogP contribution is 2.15. The van der Waals surface area contributed by atoms with Crippen LogP contribution >= 0.6 is 0 Å². The Balaban J connectivity index is 2.59. The van der Waals surface area contributed by atoms with Gasteiger partial charge in [0.05, 0.1) is 11.5 Å². The summed E-state index contributed by atoms with van der Waals surface area (Å²) in [6.07, 6.45) is 2.07. The van der Waals surface area contributed by atoms with Gasteiger partial charge in [-0.3, -0.25) is 0 Å². The van der Waals surface area contributed by atoms with Crippen LogP contribution in [0, 0.1) is 6.92 Å². The average Bonchev–Trinajstić information content (AvgIpc) is 2.45. The number of nitrogens with one attached hydrogen (secondary N) is 2. The lowest BCUT2D eigenvalue weighted by molar-refractivity contribution is 0.136. The molecule has 0 spiro atoms. The van der Waals surface area contributed by atoms with Crippen molar-refractivity contribution in [2.45, 2.75) is 38.1 Å². The van der Waals surface area contributed by atoms with E-state index in [-0.39, 0.29) is 0 Å². The lowest BCUT2D eigenvalue weighted by Crippen LogP contribution is -2.27. The standard InChI is InChI=1S/C15H26N2O3S/c1-4-5-9-20-10-8-17-21(18,19)15-7-6-13(2)14(11-15)12-16-3/h6-7,11,16-17H,4-5,8-10,12H2,1-3H3. The van der Waals surface area contributed by atoms with Gasteiger partial charge in [0.2, 0.25) is 10.0 Å². The Hall–Kier alpha value is -0.950. The van der Waals surface area contributed by atoms with Gasteiger partial charge in [-0.15, -0.1) is 0 Å². The van der Waals surface area contributed by atoms with Gasteiger partial charge in [0, 0.05) is 19.7 Å². The molecule has 5 nitrogen and oxygen atoms in total. The van der Waals surface area contributed by atoms with Crippen LogP contribution in [0.2, 0.25) is 0 Å². The van der Waals surface area contributed by atoms with Crippen LogP contribution in [0.1, 0.15) is 30.9 Å². The van der Waals surface area contributed by atoms with Crippen molar-refractivity contribution in [1.29, 1.82) is 0 Å². The van der Waals surface area contributed by atoms with Crippen molar-refractivity contribution in [2.75, 3.05) is 26.8 Å². The summed E-state index contributed by atoms with van der Waals surface area (Å²) in [5.41, 5.74) is 2.06. The fourth-order valence-electron chi connectivity index (χ4n) is 1.88. The molecular formula is C15H26N2O3S. The Morgan fingerprint density at radius 1 is 1.24 bits per heavy atom. The van der Waals surface area contributed by atoms with E-state index >= 15 is 0 Å². The van der Waals surface area contributed by atoms with Crippen LogP contribution in [-0.2, 0) is 21.3 Å². The maximum absolute atomic E-state index is 12.2. The lowest BCUT2D eigenvalue weighted by atomic mass is 10.1. The van der Waals surface area contributed by atoms with Crippen LogP contribution in [0.4, 0.5) is 0 Å². The summed E-state index contributed by atoms with van der Waals surface area (Å²) in [7, 11) is -1.63. The minimum absolute atomic E-state index is 0.293. The molecule has 0 radical (unpaired) electrons. The van der Waals surface area contributed by atoms with Crippen LogP contribution in [0.25, 0.3) is 0 Å². The van der Waals surface area contributed by atoms with Crippen molar-refractivity contribution >= 4 is 10.0 Å². The van der Waals surface area contributed by atoms with E-state index in [1.54, 1.807) is 12.1 Å². The highest BCUT2D eigenvalue weighted by atomic mass is 32.2. The van der Waals surface area contributed by atoms with Gasteiger partial charge in [-0.25, -0.2) is 13.1 Å². The highest BCUT2D eigenvalue weighted by Gasteiger charge is 2.14. The Kier molecular flexibility index (Phi) is 7.88. The second-order valence-electron chi connectivity index (χ2n) is 4.98. The molecule has 0 aliphatic heterocycles. The third kappa shape index (κ3) is 6.13. The molecule has 2 N–H and O–H groups in total. The Morgan fingerprint density at radius 3 is 2.67 bits per heavy atom. The van der Waals surface area contributed by atoms with E-state index < -0.39 is 10.0 Å². The van der Waals surface area contributed by atoms with E-state index in [0.717, 1.165) is 24.0 Å². The largest absolute Gasteiger partial charge is 0.380 e. The number of benzene rings is 1. The molecular weight excluding hydrogens is 288 g/mol. The van der Waals surface area contributed by atoms with Gasteiger partial charge in [0.1, 0.15) is 0 Å². The van der Waals surface area contributed by atoms with Crippen molar-refractivity contribution in [3.63, 3.8) is 0 Å². The minimum atomic E-state index is -3.47. The second kappa shape index (κ2) is 9.15. The highest BCUT2D eigenvalue weighted by molar-refractivity contribution is 7.89. The van der Waals surface area contributed by atoms with Crippen LogP contribution in [0.5, 0.6) is 0 Å². The van der Waals surface area contributed by atoms with E-state index in [9.17, 15) is 8.42 Å². The van der Waals surface area contributed by atoms with Crippen molar-refractivity contribution in [3.05, 3.63) is 29.3 Å². The molecule has 0 aromatic heterocycles. The Bertz CT molecular complexity index is 530. The van der Waals surface area contributed by atoms with Crippen LogP contribution in [0.15, 0.2) is 23.1 Å². The Labute approximate surface area is 128 Å². The summed E-state index contributed by atoms with van der Waals surface area (Å²) in [5.74, 6) is 0. The number of aryl methyl sites for hydroxylation is 1. The fourth-order valence-corrected chi connectivity index (χ4v) is 2.94. The summed E-state index contributed by atoms with van der Waals surface area (Å²) >= 11 is 0. The monoisotopic (exact) mass is 314 g/mol. The molecule has 0 aliphatic carbocycles. The van der Waals surface area contributed by atoms with E-state index in [0.29, 0.717) is 31.2 Å². The molecule has 1 aromatic carbocycles. The van der Waals surface area contributed by atoms with Crippen molar-refractivity contribution in [3.8, 4) is 0 Å². The van der Waals surface area contributed by atoms with E-state index in [1.807, 2.05) is 20.0 Å². The number of ether oxygens (including phenoxy) is 1. The third-order valence-electron chi connectivity index (χ3n) is 3.18. The smallest absolute Gasteiger partial charge is 0.240 e. The van der Waals surface area contributed by atoms with Gasteiger partial charge in [-0.05, 0) is 43.7 Å². The molecule has 0 saturated carbocycles. The molecule has 0 fully saturated rings. The first kappa shape index (κ1) is 18.1. The summed E-state index contributed by atoms with van der Waals surface area (Å²) in [6, 6.07) is 5.18. The minimum Gasteiger partial charge on any atom is -0.380 e. The molecule has 120 valence electrons. The van der Waals surface area contributed by atoms with E-state index in [1.165, 1.54) is 0 Å². The fraction of sp³-hybridized carbons (Fsp3) is 0.600. The molecule has 0 saturated heterocycles. The van der Waals surface area contributed by atoms with Crippen molar-refractivity contribution in [2.24, 2.45) is 0 Å². The topological polar surface area (TPSA) is 67.4 Å². The van der Waals surface area contributed by atoms with E-state index in [2.05, 4.69) is 17.0 Å². The van der Waals surface area contributed by atoms with Crippen molar-refractivity contribution in [1.82, 2.24) is 10.0 Å². The number of hydrogen-bond acceptors (Lipinski definition) is 4. The number of unbranched alkanes of at least 4 members (excludes halogenated alkanes) is 1. The number of sulfonamides is 1. The molecule has 0 aliphatic rings. The van der Waals surface area contributed by atoms with Crippen LogP contribution in [-0.4, -0.2) is 35.2 Å².